The molecule has 0 radical (unpaired) electrons. The predicted molar refractivity (Wildman–Crippen MR) is 70.3 cm³/mol. The molecule has 0 saturated carbocycles. The van der Waals surface area contributed by atoms with E-state index in [4.69, 9.17) is 9.26 Å². The summed E-state index contributed by atoms with van der Waals surface area (Å²) in [5.74, 6) is 1.25. The molecule has 0 aliphatic rings. The van der Waals surface area contributed by atoms with Crippen molar-refractivity contribution in [2.24, 2.45) is 0 Å². The Kier molecular flexibility index (Phi) is 5.75. The molecule has 0 aliphatic heterocycles. The minimum atomic E-state index is -0.457. The molecular weight excluding hydrogens is 230 g/mol. The summed E-state index contributed by atoms with van der Waals surface area (Å²) in [5.41, 5.74) is -0.457. The maximum absolute atomic E-state index is 5.73. The van der Waals surface area contributed by atoms with Gasteiger partial charge < -0.3 is 14.6 Å². The van der Waals surface area contributed by atoms with E-state index in [1.165, 1.54) is 0 Å². The SMILES string of the molecule is CCCNC(C)c1nc(C(C)(CC)OCC)no1. The normalized spacial score (nSPS) is 16.5. The molecule has 0 bridgehead atoms. The molecule has 0 aromatic carbocycles. The molecule has 0 aliphatic carbocycles. The minimum absolute atomic E-state index is 0.0777. The van der Waals surface area contributed by atoms with E-state index >= 15 is 0 Å². The van der Waals surface area contributed by atoms with Crippen LogP contribution in [-0.2, 0) is 10.3 Å². The Morgan fingerprint density at radius 2 is 2.11 bits per heavy atom. The molecule has 0 fully saturated rings. The van der Waals surface area contributed by atoms with Gasteiger partial charge in [0.1, 0.15) is 5.60 Å². The first-order valence-corrected chi connectivity index (χ1v) is 6.78. The zero-order valence-electron chi connectivity index (χ0n) is 12.1. The minimum Gasteiger partial charge on any atom is -0.367 e. The van der Waals surface area contributed by atoms with E-state index < -0.39 is 5.60 Å². The van der Waals surface area contributed by atoms with Crippen LogP contribution in [0.1, 0.15) is 65.2 Å². The van der Waals surface area contributed by atoms with Gasteiger partial charge in [0.15, 0.2) is 0 Å². The van der Waals surface area contributed by atoms with Gasteiger partial charge in [0.25, 0.3) is 0 Å². The topological polar surface area (TPSA) is 60.2 Å². The molecular formula is C13H25N3O2. The molecule has 5 nitrogen and oxygen atoms in total. The first-order valence-electron chi connectivity index (χ1n) is 6.78. The van der Waals surface area contributed by atoms with Crippen LogP contribution in [0.3, 0.4) is 0 Å². The summed E-state index contributed by atoms with van der Waals surface area (Å²) in [4.78, 5) is 4.46. The Morgan fingerprint density at radius 1 is 1.39 bits per heavy atom. The second kappa shape index (κ2) is 6.85. The fraction of sp³-hybridized carbons (Fsp3) is 0.846. The molecule has 5 heteroatoms. The number of hydrogen-bond acceptors (Lipinski definition) is 5. The molecule has 1 rings (SSSR count). The number of hydrogen-bond donors (Lipinski definition) is 1. The summed E-state index contributed by atoms with van der Waals surface area (Å²) in [5, 5.41) is 7.38. The Balaban J connectivity index is 2.78. The fourth-order valence-corrected chi connectivity index (χ4v) is 1.72. The van der Waals surface area contributed by atoms with Crippen molar-refractivity contribution in [3.63, 3.8) is 0 Å². The highest BCUT2D eigenvalue weighted by molar-refractivity contribution is 5.01. The third kappa shape index (κ3) is 3.53. The Morgan fingerprint density at radius 3 is 2.67 bits per heavy atom. The smallest absolute Gasteiger partial charge is 0.243 e. The lowest BCUT2D eigenvalue weighted by Gasteiger charge is -2.23. The average Bonchev–Trinajstić information content (AvgIpc) is 2.86. The van der Waals surface area contributed by atoms with E-state index in [0.29, 0.717) is 18.3 Å². The molecule has 104 valence electrons. The van der Waals surface area contributed by atoms with E-state index in [1.807, 2.05) is 20.8 Å². The van der Waals surface area contributed by atoms with Crippen molar-refractivity contribution in [1.29, 1.82) is 0 Å². The molecule has 1 aromatic heterocycles. The van der Waals surface area contributed by atoms with Crippen LogP contribution >= 0.6 is 0 Å². The van der Waals surface area contributed by atoms with Gasteiger partial charge in [-0.1, -0.05) is 19.0 Å². The van der Waals surface area contributed by atoms with E-state index in [9.17, 15) is 0 Å². The molecule has 1 heterocycles. The molecule has 0 spiro atoms. The van der Waals surface area contributed by atoms with Crippen LogP contribution in [0, 0.1) is 0 Å². The van der Waals surface area contributed by atoms with E-state index in [1.54, 1.807) is 0 Å². The first kappa shape index (κ1) is 15.1. The van der Waals surface area contributed by atoms with Crippen molar-refractivity contribution in [3.8, 4) is 0 Å². The molecule has 0 saturated heterocycles. The Hall–Kier alpha value is -0.940. The molecule has 2 unspecified atom stereocenters. The second-order valence-electron chi connectivity index (χ2n) is 4.65. The molecule has 0 amide bonds. The largest absolute Gasteiger partial charge is 0.367 e. The predicted octanol–water partition coefficient (Wildman–Crippen LogP) is 2.79. The molecule has 1 N–H and O–H groups in total. The highest BCUT2D eigenvalue weighted by Gasteiger charge is 2.31. The van der Waals surface area contributed by atoms with Crippen molar-refractivity contribution < 1.29 is 9.26 Å². The van der Waals surface area contributed by atoms with Crippen molar-refractivity contribution in [2.75, 3.05) is 13.2 Å². The van der Waals surface area contributed by atoms with Crippen molar-refractivity contribution >= 4 is 0 Å². The van der Waals surface area contributed by atoms with E-state index in [-0.39, 0.29) is 6.04 Å². The number of nitrogens with zero attached hydrogens (tertiary/aromatic N) is 2. The van der Waals surface area contributed by atoms with Gasteiger partial charge in [-0.3, -0.25) is 0 Å². The van der Waals surface area contributed by atoms with Crippen LogP contribution in [0.15, 0.2) is 4.52 Å². The summed E-state index contributed by atoms with van der Waals surface area (Å²) in [6.07, 6.45) is 1.90. The zero-order valence-corrected chi connectivity index (χ0v) is 12.1. The van der Waals surface area contributed by atoms with Crippen LogP contribution in [0.2, 0.25) is 0 Å². The van der Waals surface area contributed by atoms with Crippen LogP contribution < -0.4 is 5.32 Å². The molecule has 18 heavy (non-hydrogen) atoms. The van der Waals surface area contributed by atoms with Crippen molar-refractivity contribution in [3.05, 3.63) is 11.7 Å². The third-order valence-corrected chi connectivity index (χ3v) is 3.12. The summed E-state index contributed by atoms with van der Waals surface area (Å²) in [6.45, 7) is 11.8. The monoisotopic (exact) mass is 255 g/mol. The van der Waals surface area contributed by atoms with Crippen molar-refractivity contribution in [1.82, 2.24) is 15.5 Å². The summed E-state index contributed by atoms with van der Waals surface area (Å²) in [6, 6.07) is 0.0777. The highest BCUT2D eigenvalue weighted by Crippen LogP contribution is 2.27. The standard InChI is InChI=1S/C13H25N3O2/c1-6-9-14-10(4)11-15-12(16-18-11)13(5,7-2)17-8-3/h10,14H,6-9H2,1-5H3. The molecule has 2 atom stereocenters. The van der Waals surface area contributed by atoms with Crippen LogP contribution in [0.25, 0.3) is 0 Å². The van der Waals surface area contributed by atoms with Crippen LogP contribution in [0.5, 0.6) is 0 Å². The average molecular weight is 255 g/mol. The Bertz CT molecular complexity index is 354. The fourth-order valence-electron chi connectivity index (χ4n) is 1.72. The maximum Gasteiger partial charge on any atom is 0.243 e. The lowest BCUT2D eigenvalue weighted by atomic mass is 10.0. The highest BCUT2D eigenvalue weighted by atomic mass is 16.5. The number of rotatable bonds is 8. The Labute approximate surface area is 109 Å². The summed E-state index contributed by atoms with van der Waals surface area (Å²) in [7, 11) is 0. The van der Waals surface area contributed by atoms with Gasteiger partial charge in [-0.05, 0) is 40.2 Å². The zero-order chi connectivity index (χ0) is 13.6. The van der Waals surface area contributed by atoms with Gasteiger partial charge in [-0.2, -0.15) is 4.98 Å². The van der Waals surface area contributed by atoms with Crippen LogP contribution in [0.4, 0.5) is 0 Å². The summed E-state index contributed by atoms with van der Waals surface area (Å²) >= 11 is 0. The van der Waals surface area contributed by atoms with Gasteiger partial charge in [0, 0.05) is 6.61 Å². The number of aromatic nitrogens is 2. The van der Waals surface area contributed by atoms with E-state index in [2.05, 4.69) is 29.3 Å². The lowest BCUT2D eigenvalue weighted by Crippen LogP contribution is -2.27. The molecule has 1 aromatic rings. The van der Waals surface area contributed by atoms with Crippen molar-refractivity contribution in [2.45, 2.75) is 59.1 Å². The first-order chi connectivity index (χ1) is 8.57. The lowest BCUT2D eigenvalue weighted by molar-refractivity contribution is -0.0403. The van der Waals surface area contributed by atoms with Gasteiger partial charge in [-0.15, -0.1) is 0 Å². The van der Waals surface area contributed by atoms with Crippen LogP contribution in [-0.4, -0.2) is 23.3 Å². The maximum atomic E-state index is 5.73. The number of ether oxygens (including phenoxy) is 1. The van der Waals surface area contributed by atoms with Gasteiger partial charge in [-0.25, -0.2) is 0 Å². The number of nitrogens with one attached hydrogen (secondary N) is 1. The van der Waals surface area contributed by atoms with E-state index in [0.717, 1.165) is 19.4 Å². The van der Waals surface area contributed by atoms with Gasteiger partial charge in [0.2, 0.25) is 11.7 Å². The van der Waals surface area contributed by atoms with Gasteiger partial charge in [0.05, 0.1) is 6.04 Å². The van der Waals surface area contributed by atoms with Gasteiger partial charge >= 0.3 is 0 Å². The second-order valence-corrected chi connectivity index (χ2v) is 4.65. The summed E-state index contributed by atoms with van der Waals surface area (Å²) < 4.78 is 11.0. The third-order valence-electron chi connectivity index (χ3n) is 3.12. The quantitative estimate of drug-likeness (QED) is 0.774.